The highest BCUT2D eigenvalue weighted by molar-refractivity contribution is 5.70. The van der Waals surface area contributed by atoms with E-state index in [9.17, 15) is 10.1 Å². The lowest BCUT2D eigenvalue weighted by molar-refractivity contribution is -0.385. The fourth-order valence-corrected chi connectivity index (χ4v) is 1.94. The number of rotatable bonds is 4. The van der Waals surface area contributed by atoms with E-state index in [1.54, 1.807) is 0 Å². The van der Waals surface area contributed by atoms with Gasteiger partial charge in [0.25, 0.3) is 0 Å². The maximum Gasteiger partial charge on any atom is 0.332 e. The number of benzene rings is 1. The number of hydrogen-bond acceptors (Lipinski definition) is 7. The molecule has 0 bridgehead atoms. The van der Waals surface area contributed by atoms with Crippen LogP contribution in [0.2, 0.25) is 0 Å². The molecule has 0 saturated heterocycles. The lowest BCUT2D eigenvalue weighted by atomic mass is 10.1. The van der Waals surface area contributed by atoms with Gasteiger partial charge in [0.15, 0.2) is 0 Å². The van der Waals surface area contributed by atoms with Crippen molar-refractivity contribution in [2.24, 2.45) is 5.84 Å². The highest BCUT2D eigenvalue weighted by Crippen LogP contribution is 2.30. The quantitative estimate of drug-likeness (QED) is 0.448. The van der Waals surface area contributed by atoms with Crippen LogP contribution in [0.3, 0.4) is 0 Å². The lowest BCUT2D eigenvalue weighted by Gasteiger charge is -2.12. The van der Waals surface area contributed by atoms with Crippen LogP contribution in [0.25, 0.3) is 0 Å². The molecule has 110 valence electrons. The zero-order valence-electron chi connectivity index (χ0n) is 12.0. The Labute approximate surface area is 121 Å². The molecule has 4 N–H and O–H groups in total. The summed E-state index contributed by atoms with van der Waals surface area (Å²) in [5, 5.41) is 14.2. The van der Waals surface area contributed by atoms with Crippen molar-refractivity contribution in [3.63, 3.8) is 0 Å². The van der Waals surface area contributed by atoms with Crippen molar-refractivity contribution in [2.45, 2.75) is 20.8 Å². The van der Waals surface area contributed by atoms with Crippen molar-refractivity contribution in [1.29, 1.82) is 0 Å². The number of nitrogens with one attached hydrogen (secondary N) is 2. The first kappa shape index (κ1) is 14.7. The molecule has 8 nitrogen and oxygen atoms in total. The SMILES string of the molecule is Cc1ccc(C)c(Nc2nc(NN)nc(C)c2[N+](=O)[O-])c1. The van der Waals surface area contributed by atoms with Crippen molar-refractivity contribution >= 4 is 23.1 Å². The van der Waals surface area contributed by atoms with Gasteiger partial charge in [-0.05, 0) is 38.0 Å². The highest BCUT2D eigenvalue weighted by atomic mass is 16.6. The molecule has 1 aromatic heterocycles. The minimum atomic E-state index is -0.511. The van der Waals surface area contributed by atoms with E-state index < -0.39 is 4.92 Å². The van der Waals surface area contributed by atoms with E-state index >= 15 is 0 Å². The molecule has 8 heteroatoms. The third-order valence-corrected chi connectivity index (χ3v) is 3.02. The summed E-state index contributed by atoms with van der Waals surface area (Å²) >= 11 is 0. The van der Waals surface area contributed by atoms with E-state index in [0.717, 1.165) is 16.8 Å². The number of aromatic nitrogens is 2. The van der Waals surface area contributed by atoms with Crippen LogP contribution in [0.4, 0.5) is 23.1 Å². The molecule has 0 atom stereocenters. The van der Waals surface area contributed by atoms with Gasteiger partial charge in [0.05, 0.1) is 4.92 Å². The van der Waals surface area contributed by atoms with Crippen LogP contribution in [-0.2, 0) is 0 Å². The number of nitrogens with two attached hydrogens (primary N) is 1. The third kappa shape index (κ3) is 3.06. The second-order valence-electron chi connectivity index (χ2n) is 4.67. The molecule has 0 aliphatic carbocycles. The van der Waals surface area contributed by atoms with Crippen LogP contribution in [-0.4, -0.2) is 14.9 Å². The van der Waals surface area contributed by atoms with E-state index in [1.807, 2.05) is 32.0 Å². The molecule has 0 saturated carbocycles. The number of nitrogen functional groups attached to an aromatic ring is 1. The number of nitrogens with zero attached hydrogens (tertiary/aromatic N) is 3. The molecule has 0 aliphatic rings. The van der Waals surface area contributed by atoms with E-state index in [-0.39, 0.29) is 23.1 Å². The largest absolute Gasteiger partial charge is 0.334 e. The molecule has 0 radical (unpaired) electrons. The van der Waals surface area contributed by atoms with Crippen LogP contribution < -0.4 is 16.6 Å². The van der Waals surface area contributed by atoms with Gasteiger partial charge in [-0.25, -0.2) is 10.8 Å². The average Bonchev–Trinajstić information content (AvgIpc) is 2.41. The van der Waals surface area contributed by atoms with Crippen molar-refractivity contribution in [3.05, 3.63) is 45.1 Å². The Hall–Kier alpha value is -2.74. The van der Waals surface area contributed by atoms with Gasteiger partial charge in [-0.3, -0.25) is 15.5 Å². The van der Waals surface area contributed by atoms with Gasteiger partial charge in [0.1, 0.15) is 5.69 Å². The van der Waals surface area contributed by atoms with E-state index in [4.69, 9.17) is 5.84 Å². The van der Waals surface area contributed by atoms with E-state index in [0.29, 0.717) is 0 Å². The molecular formula is C13H16N6O2. The third-order valence-electron chi connectivity index (χ3n) is 3.02. The lowest BCUT2D eigenvalue weighted by Crippen LogP contribution is -2.13. The number of anilines is 3. The number of nitro groups is 1. The predicted octanol–water partition coefficient (Wildman–Crippen LogP) is 2.34. The molecule has 1 aromatic carbocycles. The Morgan fingerprint density at radius 2 is 1.95 bits per heavy atom. The summed E-state index contributed by atoms with van der Waals surface area (Å²) in [5.41, 5.74) is 5.10. The second kappa shape index (κ2) is 5.71. The maximum atomic E-state index is 11.2. The molecule has 0 spiro atoms. The first-order chi connectivity index (χ1) is 9.92. The second-order valence-corrected chi connectivity index (χ2v) is 4.67. The van der Waals surface area contributed by atoms with E-state index in [2.05, 4.69) is 20.7 Å². The van der Waals surface area contributed by atoms with Crippen LogP contribution in [0.5, 0.6) is 0 Å². The maximum absolute atomic E-state index is 11.2. The molecule has 0 amide bonds. The minimum Gasteiger partial charge on any atom is -0.334 e. The number of hydrazine groups is 1. The number of hydrogen-bond donors (Lipinski definition) is 3. The first-order valence-electron chi connectivity index (χ1n) is 6.26. The summed E-state index contributed by atoms with van der Waals surface area (Å²) in [4.78, 5) is 18.7. The summed E-state index contributed by atoms with van der Waals surface area (Å²) in [7, 11) is 0. The summed E-state index contributed by atoms with van der Waals surface area (Å²) in [6.45, 7) is 5.38. The topological polar surface area (TPSA) is 119 Å². The van der Waals surface area contributed by atoms with Gasteiger partial charge in [-0.2, -0.15) is 4.98 Å². The molecule has 0 aliphatic heterocycles. The van der Waals surface area contributed by atoms with Gasteiger partial charge >= 0.3 is 5.69 Å². The molecule has 21 heavy (non-hydrogen) atoms. The fraction of sp³-hybridized carbons (Fsp3) is 0.231. The summed E-state index contributed by atoms with van der Waals surface area (Å²) in [6, 6.07) is 5.79. The Bertz CT molecular complexity index is 701. The smallest absolute Gasteiger partial charge is 0.332 e. The van der Waals surface area contributed by atoms with E-state index in [1.165, 1.54) is 6.92 Å². The highest BCUT2D eigenvalue weighted by Gasteiger charge is 2.22. The van der Waals surface area contributed by atoms with Gasteiger partial charge in [0.2, 0.25) is 11.8 Å². The summed E-state index contributed by atoms with van der Waals surface area (Å²) < 4.78 is 0. The molecule has 2 aromatic rings. The van der Waals surface area contributed by atoms with Gasteiger partial charge in [-0.1, -0.05) is 12.1 Å². The van der Waals surface area contributed by atoms with Gasteiger partial charge in [0, 0.05) is 5.69 Å². The van der Waals surface area contributed by atoms with Gasteiger partial charge in [-0.15, -0.1) is 0 Å². The van der Waals surface area contributed by atoms with Crippen molar-refractivity contribution in [3.8, 4) is 0 Å². The molecule has 1 heterocycles. The first-order valence-corrected chi connectivity index (χ1v) is 6.26. The zero-order valence-corrected chi connectivity index (χ0v) is 12.0. The van der Waals surface area contributed by atoms with Gasteiger partial charge < -0.3 is 5.32 Å². The van der Waals surface area contributed by atoms with Crippen LogP contribution in [0.1, 0.15) is 16.8 Å². The number of aryl methyl sites for hydroxylation is 3. The Balaban J connectivity index is 2.54. The predicted molar refractivity (Wildman–Crippen MR) is 80.4 cm³/mol. The van der Waals surface area contributed by atoms with Crippen LogP contribution in [0.15, 0.2) is 18.2 Å². The summed E-state index contributed by atoms with van der Waals surface area (Å²) in [5.74, 6) is 5.51. The average molecular weight is 288 g/mol. The van der Waals surface area contributed by atoms with Crippen molar-refractivity contribution in [1.82, 2.24) is 9.97 Å². The Morgan fingerprint density at radius 1 is 1.24 bits per heavy atom. The molecule has 0 fully saturated rings. The molecule has 2 rings (SSSR count). The summed E-state index contributed by atoms with van der Waals surface area (Å²) in [6.07, 6.45) is 0. The van der Waals surface area contributed by atoms with Crippen molar-refractivity contribution < 1.29 is 4.92 Å². The monoisotopic (exact) mass is 288 g/mol. The molecule has 0 unspecified atom stereocenters. The fourth-order valence-electron chi connectivity index (χ4n) is 1.94. The zero-order chi connectivity index (χ0) is 15.6. The standard InChI is InChI=1S/C13H16N6O2/c1-7-4-5-8(2)10(6-7)16-12-11(19(20)21)9(3)15-13(17-12)18-14/h4-6H,14H2,1-3H3,(H2,15,16,17,18). The normalized spacial score (nSPS) is 10.3. The van der Waals surface area contributed by atoms with Crippen molar-refractivity contribution in [2.75, 3.05) is 10.7 Å². The van der Waals surface area contributed by atoms with Crippen LogP contribution >= 0.6 is 0 Å². The Kier molecular flexibility index (Phi) is 3.99. The molecular weight excluding hydrogens is 272 g/mol. The minimum absolute atomic E-state index is 0.106. The Morgan fingerprint density at radius 3 is 2.57 bits per heavy atom. The van der Waals surface area contributed by atoms with Crippen LogP contribution in [0, 0.1) is 30.9 Å².